The average molecular weight is 420 g/mol. The maximum Gasteiger partial charge on any atom is 0.137 e. The Kier molecular flexibility index (Phi) is 5.30. The van der Waals surface area contributed by atoms with Gasteiger partial charge in [0.25, 0.3) is 0 Å². The SMILES string of the molecule is Cc1cc(-c2ccc3c(NCc4ccc(-c5cccc(F)c5)cc4)ncnc3c2)ccn1. The van der Waals surface area contributed by atoms with Crippen molar-refractivity contribution in [2.75, 3.05) is 5.32 Å². The molecule has 156 valence electrons. The molecule has 0 aliphatic carbocycles. The molecule has 0 amide bonds. The number of anilines is 1. The second-order valence-electron chi connectivity index (χ2n) is 7.70. The Labute approximate surface area is 185 Å². The Hall–Kier alpha value is -4.12. The summed E-state index contributed by atoms with van der Waals surface area (Å²) in [5.74, 6) is 0.563. The first-order valence-corrected chi connectivity index (χ1v) is 10.4. The van der Waals surface area contributed by atoms with Gasteiger partial charge in [-0.15, -0.1) is 0 Å². The van der Waals surface area contributed by atoms with Crippen molar-refractivity contribution in [3.05, 3.63) is 108 Å². The van der Waals surface area contributed by atoms with E-state index in [1.807, 2.05) is 49.5 Å². The second-order valence-corrected chi connectivity index (χ2v) is 7.70. The van der Waals surface area contributed by atoms with Crippen LogP contribution in [0.1, 0.15) is 11.3 Å². The monoisotopic (exact) mass is 420 g/mol. The van der Waals surface area contributed by atoms with Gasteiger partial charge in [0.15, 0.2) is 0 Å². The molecule has 0 radical (unpaired) electrons. The number of fused-ring (bicyclic) bond motifs is 1. The lowest BCUT2D eigenvalue weighted by Crippen LogP contribution is -2.02. The summed E-state index contributed by atoms with van der Waals surface area (Å²) in [6.07, 6.45) is 3.40. The predicted molar refractivity (Wildman–Crippen MR) is 127 cm³/mol. The van der Waals surface area contributed by atoms with Gasteiger partial charge in [-0.1, -0.05) is 42.5 Å². The largest absolute Gasteiger partial charge is 0.365 e. The number of benzene rings is 3. The van der Waals surface area contributed by atoms with Crippen LogP contribution in [0.2, 0.25) is 0 Å². The van der Waals surface area contributed by atoms with Crippen LogP contribution >= 0.6 is 0 Å². The number of hydrogen-bond donors (Lipinski definition) is 1. The van der Waals surface area contributed by atoms with Crippen LogP contribution in [0.5, 0.6) is 0 Å². The van der Waals surface area contributed by atoms with Crippen LogP contribution in [0, 0.1) is 12.7 Å². The molecule has 5 heteroatoms. The van der Waals surface area contributed by atoms with Gasteiger partial charge in [-0.05, 0) is 71.1 Å². The highest BCUT2D eigenvalue weighted by Gasteiger charge is 2.07. The van der Waals surface area contributed by atoms with Gasteiger partial charge in [-0.3, -0.25) is 4.98 Å². The predicted octanol–water partition coefficient (Wildman–Crippen LogP) is 6.42. The zero-order valence-electron chi connectivity index (χ0n) is 17.6. The van der Waals surface area contributed by atoms with Crippen LogP contribution in [0.25, 0.3) is 33.2 Å². The zero-order valence-corrected chi connectivity index (χ0v) is 17.6. The van der Waals surface area contributed by atoms with Gasteiger partial charge >= 0.3 is 0 Å². The fraction of sp³-hybridized carbons (Fsp3) is 0.0741. The summed E-state index contributed by atoms with van der Waals surface area (Å²) in [5, 5.41) is 4.39. The quantitative estimate of drug-likeness (QED) is 0.356. The fourth-order valence-electron chi connectivity index (χ4n) is 3.77. The van der Waals surface area contributed by atoms with Crippen molar-refractivity contribution < 1.29 is 4.39 Å². The smallest absolute Gasteiger partial charge is 0.137 e. The number of halogens is 1. The highest BCUT2D eigenvalue weighted by molar-refractivity contribution is 5.91. The number of pyridine rings is 1. The van der Waals surface area contributed by atoms with E-state index in [0.29, 0.717) is 6.54 Å². The maximum absolute atomic E-state index is 13.5. The minimum Gasteiger partial charge on any atom is -0.365 e. The van der Waals surface area contributed by atoms with Crippen molar-refractivity contribution in [1.29, 1.82) is 0 Å². The molecule has 0 bridgehead atoms. The van der Waals surface area contributed by atoms with Gasteiger partial charge in [0.05, 0.1) is 5.52 Å². The highest BCUT2D eigenvalue weighted by Crippen LogP contribution is 2.27. The third-order valence-corrected chi connectivity index (χ3v) is 5.44. The number of aryl methyl sites for hydroxylation is 1. The van der Waals surface area contributed by atoms with Crippen molar-refractivity contribution in [3.63, 3.8) is 0 Å². The molecule has 1 N–H and O–H groups in total. The Morgan fingerprint density at radius 1 is 0.750 bits per heavy atom. The summed E-state index contributed by atoms with van der Waals surface area (Å²) >= 11 is 0. The maximum atomic E-state index is 13.5. The van der Waals surface area contributed by atoms with Crippen LogP contribution in [-0.4, -0.2) is 15.0 Å². The minimum atomic E-state index is -0.230. The van der Waals surface area contributed by atoms with Crippen molar-refractivity contribution in [2.45, 2.75) is 13.5 Å². The normalized spacial score (nSPS) is 10.9. The lowest BCUT2D eigenvalue weighted by atomic mass is 10.0. The Morgan fingerprint density at radius 2 is 1.53 bits per heavy atom. The molecular weight excluding hydrogens is 399 g/mol. The van der Waals surface area contributed by atoms with E-state index in [2.05, 4.69) is 44.5 Å². The Morgan fingerprint density at radius 3 is 2.34 bits per heavy atom. The molecular formula is C27H21FN4. The van der Waals surface area contributed by atoms with E-state index in [9.17, 15) is 4.39 Å². The van der Waals surface area contributed by atoms with Crippen LogP contribution < -0.4 is 5.32 Å². The van der Waals surface area contributed by atoms with E-state index >= 15 is 0 Å². The number of aromatic nitrogens is 3. The van der Waals surface area contributed by atoms with Crippen molar-refractivity contribution in [3.8, 4) is 22.3 Å². The van der Waals surface area contributed by atoms with Crippen molar-refractivity contribution >= 4 is 16.7 Å². The third-order valence-electron chi connectivity index (χ3n) is 5.44. The van der Waals surface area contributed by atoms with E-state index in [1.165, 1.54) is 6.07 Å². The molecule has 0 unspecified atom stereocenters. The minimum absolute atomic E-state index is 0.230. The van der Waals surface area contributed by atoms with E-state index in [0.717, 1.165) is 50.2 Å². The molecule has 2 heterocycles. The van der Waals surface area contributed by atoms with E-state index in [1.54, 1.807) is 18.5 Å². The lowest BCUT2D eigenvalue weighted by molar-refractivity contribution is 0.628. The molecule has 0 aliphatic heterocycles. The Balaban J connectivity index is 1.35. The van der Waals surface area contributed by atoms with E-state index in [4.69, 9.17) is 0 Å². The van der Waals surface area contributed by atoms with Gasteiger partial charge in [0, 0.05) is 23.8 Å². The molecule has 0 atom stereocenters. The average Bonchev–Trinajstić information content (AvgIpc) is 2.82. The lowest BCUT2D eigenvalue weighted by Gasteiger charge is -2.10. The molecule has 2 aromatic heterocycles. The highest BCUT2D eigenvalue weighted by atomic mass is 19.1. The summed E-state index contributed by atoms with van der Waals surface area (Å²) in [6.45, 7) is 2.61. The Bertz CT molecular complexity index is 1400. The first-order chi connectivity index (χ1) is 15.7. The van der Waals surface area contributed by atoms with Gasteiger partial charge in [-0.25, -0.2) is 14.4 Å². The molecule has 0 spiro atoms. The summed E-state index contributed by atoms with van der Waals surface area (Å²) in [6, 6.07) is 25.0. The molecule has 0 aliphatic rings. The fourth-order valence-corrected chi connectivity index (χ4v) is 3.77. The van der Waals surface area contributed by atoms with Crippen LogP contribution in [0.15, 0.2) is 91.4 Å². The third kappa shape index (κ3) is 4.18. The van der Waals surface area contributed by atoms with Gasteiger partial charge in [0.2, 0.25) is 0 Å². The van der Waals surface area contributed by atoms with Gasteiger partial charge in [-0.2, -0.15) is 0 Å². The summed E-state index contributed by atoms with van der Waals surface area (Å²) in [5.41, 5.74) is 7.05. The van der Waals surface area contributed by atoms with E-state index in [-0.39, 0.29) is 5.82 Å². The number of nitrogens with one attached hydrogen (secondary N) is 1. The van der Waals surface area contributed by atoms with Crippen LogP contribution in [-0.2, 0) is 6.54 Å². The summed E-state index contributed by atoms with van der Waals surface area (Å²) in [7, 11) is 0. The van der Waals surface area contributed by atoms with Crippen molar-refractivity contribution in [1.82, 2.24) is 15.0 Å². The van der Waals surface area contributed by atoms with Gasteiger partial charge < -0.3 is 5.32 Å². The van der Waals surface area contributed by atoms with Gasteiger partial charge in [0.1, 0.15) is 18.0 Å². The zero-order chi connectivity index (χ0) is 21.9. The molecule has 3 aromatic carbocycles. The summed E-state index contributed by atoms with van der Waals surface area (Å²) < 4.78 is 13.5. The number of nitrogens with zero attached hydrogens (tertiary/aromatic N) is 3. The first-order valence-electron chi connectivity index (χ1n) is 10.4. The molecule has 0 saturated carbocycles. The number of hydrogen-bond acceptors (Lipinski definition) is 4. The standard InChI is InChI=1S/C27H21FN4/c1-18-13-23(11-12-29-18)22-9-10-25-26(15-22)31-17-32-27(25)30-16-19-5-7-20(8-6-19)21-3-2-4-24(28)14-21/h2-15,17H,16H2,1H3,(H,30,31,32). The molecule has 5 aromatic rings. The summed E-state index contributed by atoms with van der Waals surface area (Å²) in [4.78, 5) is 13.2. The molecule has 5 rings (SSSR count). The van der Waals surface area contributed by atoms with Crippen LogP contribution in [0.4, 0.5) is 10.2 Å². The second kappa shape index (κ2) is 8.55. The van der Waals surface area contributed by atoms with Crippen molar-refractivity contribution in [2.24, 2.45) is 0 Å². The number of rotatable bonds is 5. The van der Waals surface area contributed by atoms with Crippen LogP contribution in [0.3, 0.4) is 0 Å². The molecule has 0 saturated heterocycles. The molecule has 32 heavy (non-hydrogen) atoms. The topological polar surface area (TPSA) is 50.7 Å². The molecule has 4 nitrogen and oxygen atoms in total. The van der Waals surface area contributed by atoms with E-state index < -0.39 is 0 Å². The first kappa shape index (κ1) is 19.8. The molecule has 0 fully saturated rings.